The second-order valence-electron chi connectivity index (χ2n) is 10.1. The molecule has 0 saturated carbocycles. The molecule has 0 aromatic heterocycles. The van der Waals surface area contributed by atoms with E-state index in [-0.39, 0.29) is 24.4 Å². The third-order valence-corrected chi connectivity index (χ3v) is 6.04. The van der Waals surface area contributed by atoms with Gasteiger partial charge in [-0.3, -0.25) is 4.79 Å². The number of benzene rings is 2. The van der Waals surface area contributed by atoms with Gasteiger partial charge in [0.1, 0.15) is 18.7 Å². The van der Waals surface area contributed by atoms with Crippen LogP contribution in [0.25, 0.3) is 11.1 Å². The van der Waals surface area contributed by atoms with Crippen molar-refractivity contribution in [3.63, 3.8) is 0 Å². The summed E-state index contributed by atoms with van der Waals surface area (Å²) in [4.78, 5) is 37.3. The van der Waals surface area contributed by atoms with Gasteiger partial charge in [-0.1, -0.05) is 75.4 Å². The third kappa shape index (κ3) is 6.72. The summed E-state index contributed by atoms with van der Waals surface area (Å²) in [5, 5.41) is 14.7. The van der Waals surface area contributed by atoms with E-state index < -0.39 is 30.1 Å². The standard InChI is InChI=1S/C28H34N2O5/c1-5-6-15-23(26(32)33)29-25(31)24(16-28(2,3)4)30-27(34)35-17-22-20-13-9-7-11-18(20)19-12-8-10-14-21(19)22/h5,7-14,22-24H,1,6,15-17H2,2-4H3,(H,29,31)(H,30,34)(H,32,33). The number of allylic oxidation sites excluding steroid dienone is 1. The van der Waals surface area contributed by atoms with Crippen molar-refractivity contribution in [2.45, 2.75) is 58.0 Å². The minimum atomic E-state index is -1.13. The summed E-state index contributed by atoms with van der Waals surface area (Å²) in [5.74, 6) is -1.78. The Kier molecular flexibility index (Phi) is 8.33. The predicted molar refractivity (Wildman–Crippen MR) is 135 cm³/mol. The zero-order chi connectivity index (χ0) is 25.6. The number of nitrogens with one attached hydrogen (secondary N) is 2. The van der Waals surface area contributed by atoms with Crippen LogP contribution < -0.4 is 10.6 Å². The highest BCUT2D eigenvalue weighted by Crippen LogP contribution is 2.44. The van der Waals surface area contributed by atoms with Crippen molar-refractivity contribution in [1.82, 2.24) is 10.6 Å². The van der Waals surface area contributed by atoms with E-state index in [0.717, 1.165) is 22.3 Å². The molecular formula is C28H34N2O5. The number of carboxylic acid groups (broad SMARTS) is 1. The number of carbonyl (C=O) groups excluding carboxylic acids is 2. The fourth-order valence-electron chi connectivity index (χ4n) is 4.42. The maximum atomic E-state index is 13.0. The predicted octanol–water partition coefficient (Wildman–Crippen LogP) is 4.87. The molecule has 0 saturated heterocycles. The van der Waals surface area contributed by atoms with Crippen LogP contribution in [0.4, 0.5) is 4.79 Å². The molecular weight excluding hydrogens is 444 g/mol. The molecule has 2 unspecified atom stereocenters. The fraction of sp³-hybridized carbons (Fsp3) is 0.393. The van der Waals surface area contributed by atoms with Crippen molar-refractivity contribution in [2.75, 3.05) is 6.61 Å². The first-order valence-electron chi connectivity index (χ1n) is 11.9. The first kappa shape index (κ1) is 26.0. The lowest BCUT2D eigenvalue weighted by Crippen LogP contribution is -2.52. The maximum Gasteiger partial charge on any atom is 0.407 e. The second kappa shape index (κ2) is 11.2. The summed E-state index contributed by atoms with van der Waals surface area (Å²) in [6.45, 7) is 9.55. The molecule has 0 fully saturated rings. The first-order valence-corrected chi connectivity index (χ1v) is 11.9. The number of carbonyl (C=O) groups is 3. The summed E-state index contributed by atoms with van der Waals surface area (Å²) < 4.78 is 5.59. The number of hydrogen-bond donors (Lipinski definition) is 3. The molecule has 0 spiro atoms. The number of rotatable bonds is 10. The van der Waals surface area contributed by atoms with E-state index in [1.165, 1.54) is 0 Å². The third-order valence-electron chi connectivity index (χ3n) is 6.04. The van der Waals surface area contributed by atoms with Crippen molar-refractivity contribution in [1.29, 1.82) is 0 Å². The first-order chi connectivity index (χ1) is 16.6. The number of carboxylic acids is 1. The van der Waals surface area contributed by atoms with Crippen molar-refractivity contribution < 1.29 is 24.2 Å². The molecule has 2 aromatic rings. The molecule has 1 aliphatic rings. The molecule has 2 aromatic carbocycles. The van der Waals surface area contributed by atoms with Crippen molar-refractivity contribution >= 4 is 18.0 Å². The second-order valence-corrected chi connectivity index (χ2v) is 10.1. The minimum absolute atomic E-state index is 0.0988. The number of hydrogen-bond acceptors (Lipinski definition) is 4. The SMILES string of the molecule is C=CCCC(NC(=O)C(CC(C)(C)C)NC(=O)OCC1c2ccccc2-c2ccccc21)C(=O)O. The summed E-state index contributed by atoms with van der Waals surface area (Å²) in [5.41, 5.74) is 4.15. The molecule has 186 valence electrons. The van der Waals surface area contributed by atoms with Gasteiger partial charge in [0, 0.05) is 5.92 Å². The van der Waals surface area contributed by atoms with Crippen LogP contribution in [0.1, 0.15) is 57.1 Å². The fourth-order valence-corrected chi connectivity index (χ4v) is 4.42. The molecule has 0 aliphatic heterocycles. The molecule has 0 heterocycles. The molecule has 0 radical (unpaired) electrons. The van der Waals surface area contributed by atoms with E-state index in [9.17, 15) is 19.5 Å². The Bertz CT molecular complexity index is 1040. The van der Waals surface area contributed by atoms with E-state index >= 15 is 0 Å². The number of alkyl carbamates (subject to hydrolysis) is 1. The molecule has 3 rings (SSSR count). The number of ether oxygens (including phenoxy) is 1. The molecule has 2 atom stereocenters. The van der Waals surface area contributed by atoms with Gasteiger partial charge >= 0.3 is 12.1 Å². The van der Waals surface area contributed by atoms with E-state index in [2.05, 4.69) is 29.3 Å². The highest BCUT2D eigenvalue weighted by Gasteiger charge is 2.32. The monoisotopic (exact) mass is 478 g/mol. The lowest BCUT2D eigenvalue weighted by Gasteiger charge is -2.27. The topological polar surface area (TPSA) is 105 Å². The quantitative estimate of drug-likeness (QED) is 0.423. The van der Waals surface area contributed by atoms with Gasteiger partial charge in [-0.2, -0.15) is 0 Å². The van der Waals surface area contributed by atoms with E-state index in [1.54, 1.807) is 6.08 Å². The molecule has 7 heteroatoms. The van der Waals surface area contributed by atoms with Crippen LogP contribution in [0.3, 0.4) is 0 Å². The highest BCUT2D eigenvalue weighted by molar-refractivity contribution is 5.89. The van der Waals surface area contributed by atoms with Crippen LogP contribution in [0, 0.1) is 5.41 Å². The van der Waals surface area contributed by atoms with Gasteiger partial charge in [0.05, 0.1) is 0 Å². The van der Waals surface area contributed by atoms with E-state index in [1.807, 2.05) is 57.2 Å². The normalized spacial score (nSPS) is 14.3. The van der Waals surface area contributed by atoms with Gasteiger partial charge in [-0.15, -0.1) is 6.58 Å². The summed E-state index contributed by atoms with van der Waals surface area (Å²) in [6.07, 6.45) is 1.87. The lowest BCUT2D eigenvalue weighted by molar-refractivity contribution is -0.142. The van der Waals surface area contributed by atoms with Gasteiger partial charge in [0.25, 0.3) is 0 Å². The summed E-state index contributed by atoms with van der Waals surface area (Å²) >= 11 is 0. The molecule has 2 amide bonds. The van der Waals surface area contributed by atoms with Crippen LogP contribution >= 0.6 is 0 Å². The molecule has 3 N–H and O–H groups in total. The van der Waals surface area contributed by atoms with E-state index in [0.29, 0.717) is 12.8 Å². The number of amides is 2. The Morgan fingerprint density at radius 3 is 2.09 bits per heavy atom. The van der Waals surface area contributed by atoms with Gasteiger partial charge < -0.3 is 20.5 Å². The molecule has 1 aliphatic carbocycles. The lowest BCUT2D eigenvalue weighted by atomic mass is 9.87. The molecule has 0 bridgehead atoms. The summed E-state index contributed by atoms with van der Waals surface area (Å²) in [7, 11) is 0. The van der Waals surface area contributed by atoms with Gasteiger partial charge in [-0.25, -0.2) is 9.59 Å². The zero-order valence-corrected chi connectivity index (χ0v) is 20.5. The van der Waals surface area contributed by atoms with Gasteiger partial charge in [0.15, 0.2) is 0 Å². The van der Waals surface area contributed by atoms with Crippen molar-refractivity contribution in [3.05, 3.63) is 72.3 Å². The Morgan fingerprint density at radius 2 is 1.57 bits per heavy atom. The largest absolute Gasteiger partial charge is 0.480 e. The summed E-state index contributed by atoms with van der Waals surface area (Å²) in [6, 6.07) is 14.1. The van der Waals surface area contributed by atoms with Crippen molar-refractivity contribution in [2.24, 2.45) is 5.41 Å². The molecule has 7 nitrogen and oxygen atoms in total. The smallest absolute Gasteiger partial charge is 0.407 e. The molecule has 35 heavy (non-hydrogen) atoms. The van der Waals surface area contributed by atoms with Crippen LogP contribution in [0.15, 0.2) is 61.2 Å². The zero-order valence-electron chi connectivity index (χ0n) is 20.5. The van der Waals surface area contributed by atoms with Crippen LogP contribution in [0.5, 0.6) is 0 Å². The number of fused-ring (bicyclic) bond motifs is 3. The van der Waals surface area contributed by atoms with Gasteiger partial charge in [-0.05, 0) is 46.9 Å². The van der Waals surface area contributed by atoms with Crippen LogP contribution in [-0.2, 0) is 14.3 Å². The van der Waals surface area contributed by atoms with E-state index in [4.69, 9.17) is 4.74 Å². The Balaban J connectivity index is 1.69. The van der Waals surface area contributed by atoms with Crippen molar-refractivity contribution in [3.8, 4) is 11.1 Å². The Labute approximate surface area is 206 Å². The Morgan fingerprint density at radius 1 is 1.00 bits per heavy atom. The highest BCUT2D eigenvalue weighted by atomic mass is 16.5. The maximum absolute atomic E-state index is 13.0. The average Bonchev–Trinajstić information content (AvgIpc) is 3.12. The van der Waals surface area contributed by atoms with Gasteiger partial charge in [0.2, 0.25) is 5.91 Å². The van der Waals surface area contributed by atoms with Crippen LogP contribution in [-0.4, -0.2) is 41.8 Å². The average molecular weight is 479 g/mol. The Hall–Kier alpha value is -3.61. The number of aliphatic carboxylic acids is 1. The minimum Gasteiger partial charge on any atom is -0.480 e. The van der Waals surface area contributed by atoms with Crippen LogP contribution in [0.2, 0.25) is 0 Å².